The number of likely N-dealkylation sites (tertiary alicyclic amines) is 1. The van der Waals surface area contributed by atoms with Crippen LogP contribution in [0.4, 0.5) is 0 Å². The predicted octanol–water partition coefficient (Wildman–Crippen LogP) is 3.14. The van der Waals surface area contributed by atoms with Crippen molar-refractivity contribution in [1.29, 1.82) is 5.26 Å². The quantitative estimate of drug-likeness (QED) is 0.516. The second kappa shape index (κ2) is 11.5. The molecule has 0 saturated carbocycles. The largest absolute Gasteiger partial charge is 0.493 e. The average Bonchev–Trinajstić information content (AvgIpc) is 3.19. The van der Waals surface area contributed by atoms with Gasteiger partial charge in [0.2, 0.25) is 5.91 Å². The van der Waals surface area contributed by atoms with Gasteiger partial charge in [-0.05, 0) is 61.7 Å². The Morgan fingerprint density at radius 1 is 1.24 bits per heavy atom. The summed E-state index contributed by atoms with van der Waals surface area (Å²) < 4.78 is 31.0. The van der Waals surface area contributed by atoms with Crippen LogP contribution in [0, 0.1) is 17.2 Å². The molecule has 7 nitrogen and oxygen atoms in total. The van der Waals surface area contributed by atoms with Crippen LogP contribution in [0.15, 0.2) is 53.4 Å². The summed E-state index contributed by atoms with van der Waals surface area (Å²) in [7, 11) is -1.87. The second-order valence-corrected chi connectivity index (χ2v) is 11.2. The number of carbonyl (C=O) groups excluding carboxylic acids is 1. The number of amides is 1. The Kier molecular flexibility index (Phi) is 8.70. The van der Waals surface area contributed by atoms with E-state index in [1.807, 2.05) is 18.2 Å². The van der Waals surface area contributed by atoms with Gasteiger partial charge in [-0.25, -0.2) is 8.42 Å². The lowest BCUT2D eigenvalue weighted by molar-refractivity contribution is -0.127. The molecule has 182 valence electrons. The van der Waals surface area contributed by atoms with Gasteiger partial charge in [0.05, 0.1) is 28.9 Å². The third-order valence-electron chi connectivity index (χ3n) is 6.44. The number of rotatable bonds is 10. The van der Waals surface area contributed by atoms with Gasteiger partial charge in [0.1, 0.15) is 5.75 Å². The molecule has 1 saturated heterocycles. The molecule has 0 radical (unpaired) electrons. The molecule has 0 aliphatic carbocycles. The summed E-state index contributed by atoms with van der Waals surface area (Å²) in [4.78, 5) is 15.4. The van der Waals surface area contributed by atoms with E-state index in [1.165, 1.54) is 17.4 Å². The van der Waals surface area contributed by atoms with Crippen molar-refractivity contribution in [3.63, 3.8) is 0 Å². The molecule has 2 atom stereocenters. The van der Waals surface area contributed by atoms with Gasteiger partial charge in [-0.2, -0.15) is 5.26 Å². The summed E-state index contributed by atoms with van der Waals surface area (Å²) >= 11 is 0. The Bertz CT molecular complexity index is 1130. The molecule has 3 rings (SSSR count). The van der Waals surface area contributed by atoms with Crippen LogP contribution < -0.4 is 4.74 Å². The van der Waals surface area contributed by atoms with E-state index in [0.29, 0.717) is 29.9 Å². The van der Waals surface area contributed by atoms with Crippen LogP contribution in [0.5, 0.6) is 5.75 Å². The monoisotopic (exact) mass is 483 g/mol. The van der Waals surface area contributed by atoms with Gasteiger partial charge in [-0.3, -0.25) is 9.69 Å². The fourth-order valence-electron chi connectivity index (χ4n) is 4.21. The number of hydrogen-bond donors (Lipinski definition) is 0. The smallest absolute Gasteiger partial charge is 0.219 e. The van der Waals surface area contributed by atoms with Crippen molar-refractivity contribution < 1.29 is 17.9 Å². The Balaban J connectivity index is 1.47. The first-order valence-corrected chi connectivity index (χ1v) is 13.2. The number of nitrogens with zero attached hydrogens (tertiary/aromatic N) is 3. The molecule has 2 aromatic carbocycles. The zero-order valence-corrected chi connectivity index (χ0v) is 20.9. The maximum atomic E-state index is 12.5. The molecule has 1 fully saturated rings. The molecule has 1 aliphatic heterocycles. The van der Waals surface area contributed by atoms with E-state index in [9.17, 15) is 13.2 Å². The lowest BCUT2D eigenvalue weighted by Gasteiger charge is -2.21. The first kappa shape index (κ1) is 25.7. The minimum Gasteiger partial charge on any atom is -0.493 e. The van der Waals surface area contributed by atoms with E-state index in [-0.39, 0.29) is 23.1 Å². The fraction of sp³-hybridized carbons (Fsp3) is 0.462. The van der Waals surface area contributed by atoms with Gasteiger partial charge < -0.3 is 9.64 Å². The molecular weight excluding hydrogens is 450 g/mol. The summed E-state index contributed by atoms with van der Waals surface area (Å²) in [6.45, 7) is 6.29. The predicted molar refractivity (Wildman–Crippen MR) is 131 cm³/mol. The van der Waals surface area contributed by atoms with Crippen molar-refractivity contribution in [3.8, 4) is 11.8 Å². The Labute approximate surface area is 202 Å². The van der Waals surface area contributed by atoms with Crippen molar-refractivity contribution in [3.05, 3.63) is 59.7 Å². The van der Waals surface area contributed by atoms with E-state index in [4.69, 9.17) is 10.00 Å². The van der Waals surface area contributed by atoms with E-state index in [1.54, 1.807) is 31.3 Å². The van der Waals surface area contributed by atoms with Gasteiger partial charge in [-0.15, -0.1) is 0 Å². The highest BCUT2D eigenvalue weighted by atomic mass is 32.2. The standard InChI is InChI=1S/C26H33N3O4S/c1-20-15-24(18-29(20)12-11-22-5-4-6-23(16-22)17-27)19-33-25-7-9-26(10-8-25)34(31,32)14-13-28(3)21(2)30/h4-10,16,20,24H,11-15,18-19H2,1-3H3/t20-,24+/m1/s1. The molecule has 1 amide bonds. The van der Waals surface area contributed by atoms with Gasteiger partial charge in [0.15, 0.2) is 9.84 Å². The van der Waals surface area contributed by atoms with Crippen molar-refractivity contribution >= 4 is 15.7 Å². The number of benzene rings is 2. The lowest BCUT2D eigenvalue weighted by atomic mass is 10.1. The van der Waals surface area contributed by atoms with Crippen molar-refractivity contribution in [2.75, 3.05) is 39.0 Å². The van der Waals surface area contributed by atoms with E-state index < -0.39 is 9.84 Å². The van der Waals surface area contributed by atoms with Crippen LogP contribution in [-0.4, -0.2) is 69.2 Å². The number of nitriles is 1. The maximum Gasteiger partial charge on any atom is 0.219 e. The van der Waals surface area contributed by atoms with Crippen LogP contribution >= 0.6 is 0 Å². The van der Waals surface area contributed by atoms with Crippen molar-refractivity contribution in [1.82, 2.24) is 9.80 Å². The highest BCUT2D eigenvalue weighted by Crippen LogP contribution is 2.25. The topological polar surface area (TPSA) is 90.7 Å². The molecule has 0 unspecified atom stereocenters. The van der Waals surface area contributed by atoms with Gasteiger partial charge in [-0.1, -0.05) is 12.1 Å². The zero-order valence-electron chi connectivity index (χ0n) is 20.1. The lowest BCUT2D eigenvalue weighted by Crippen LogP contribution is -2.29. The summed E-state index contributed by atoms with van der Waals surface area (Å²) in [6.07, 6.45) is 1.96. The highest BCUT2D eigenvalue weighted by Gasteiger charge is 2.29. The first-order valence-electron chi connectivity index (χ1n) is 11.6. The van der Waals surface area contributed by atoms with Crippen LogP contribution in [-0.2, 0) is 21.1 Å². The third-order valence-corrected chi connectivity index (χ3v) is 8.15. The second-order valence-electron chi connectivity index (χ2n) is 9.05. The Morgan fingerprint density at radius 2 is 1.97 bits per heavy atom. The normalized spacial score (nSPS) is 18.4. The van der Waals surface area contributed by atoms with E-state index in [0.717, 1.165) is 25.9 Å². The van der Waals surface area contributed by atoms with Crippen LogP contribution in [0.25, 0.3) is 0 Å². The van der Waals surface area contributed by atoms with Crippen LogP contribution in [0.3, 0.4) is 0 Å². The van der Waals surface area contributed by atoms with Crippen molar-refractivity contribution in [2.45, 2.75) is 37.6 Å². The number of hydrogen-bond acceptors (Lipinski definition) is 6. The van der Waals surface area contributed by atoms with Gasteiger partial charge >= 0.3 is 0 Å². The number of ether oxygens (including phenoxy) is 1. The first-order chi connectivity index (χ1) is 16.2. The highest BCUT2D eigenvalue weighted by molar-refractivity contribution is 7.91. The third kappa shape index (κ3) is 7.05. The Hall–Kier alpha value is -2.89. The molecule has 34 heavy (non-hydrogen) atoms. The molecule has 1 heterocycles. The van der Waals surface area contributed by atoms with E-state index in [2.05, 4.69) is 24.0 Å². The minimum absolute atomic E-state index is 0.111. The molecular formula is C26H33N3O4S. The summed E-state index contributed by atoms with van der Waals surface area (Å²) in [5.74, 6) is 0.789. The van der Waals surface area contributed by atoms with Gasteiger partial charge in [0.25, 0.3) is 0 Å². The average molecular weight is 484 g/mol. The molecule has 0 bridgehead atoms. The van der Waals surface area contributed by atoms with E-state index >= 15 is 0 Å². The maximum absolute atomic E-state index is 12.5. The summed E-state index contributed by atoms with van der Waals surface area (Å²) in [5.41, 5.74) is 1.87. The molecule has 1 aliphatic rings. The van der Waals surface area contributed by atoms with Crippen molar-refractivity contribution in [2.24, 2.45) is 5.92 Å². The fourth-order valence-corrected chi connectivity index (χ4v) is 5.51. The Morgan fingerprint density at radius 3 is 2.65 bits per heavy atom. The molecule has 0 aromatic heterocycles. The molecule has 0 spiro atoms. The van der Waals surface area contributed by atoms with Crippen LogP contribution in [0.1, 0.15) is 31.4 Å². The zero-order chi connectivity index (χ0) is 24.7. The summed E-state index contributed by atoms with van der Waals surface area (Å²) in [5, 5.41) is 9.07. The number of sulfone groups is 1. The minimum atomic E-state index is -3.46. The van der Waals surface area contributed by atoms with Gasteiger partial charge in [0, 0.05) is 45.6 Å². The number of carbonyl (C=O) groups is 1. The molecule has 2 aromatic rings. The summed E-state index contributed by atoms with van der Waals surface area (Å²) in [6, 6.07) is 16.9. The molecule has 0 N–H and O–H groups in total. The SMILES string of the molecule is CC(=O)N(C)CCS(=O)(=O)c1ccc(OC[C@H]2C[C@@H](C)N(CCc3cccc(C#N)c3)C2)cc1. The molecule has 8 heteroatoms. The van der Waals surface area contributed by atoms with Crippen LogP contribution in [0.2, 0.25) is 0 Å².